The summed E-state index contributed by atoms with van der Waals surface area (Å²) in [5, 5.41) is 4.35. The van der Waals surface area contributed by atoms with Crippen molar-refractivity contribution >= 4 is 34.0 Å². The number of benzene rings is 2. The van der Waals surface area contributed by atoms with Gasteiger partial charge >= 0.3 is 0 Å². The maximum atomic E-state index is 5.74. The number of hydrogen-bond acceptors (Lipinski definition) is 3. The summed E-state index contributed by atoms with van der Waals surface area (Å²) in [5.41, 5.74) is 3.18. The second-order valence-corrected chi connectivity index (χ2v) is 4.88. The summed E-state index contributed by atoms with van der Waals surface area (Å²) in [6.07, 6.45) is 2.46. The number of para-hydroxylation sites is 1. The lowest BCUT2D eigenvalue weighted by Crippen LogP contribution is -1.96. The van der Waals surface area contributed by atoms with Crippen LogP contribution in [0.5, 0.6) is 0 Å². The highest BCUT2D eigenvalue weighted by atomic mass is 35.5. The Labute approximate surface area is 122 Å². The van der Waals surface area contributed by atoms with Crippen molar-refractivity contribution in [1.82, 2.24) is 9.97 Å². The molecule has 0 amide bonds. The molecule has 0 aliphatic rings. The van der Waals surface area contributed by atoms with Crippen LogP contribution in [0.3, 0.4) is 0 Å². The highest BCUT2D eigenvalue weighted by Crippen LogP contribution is 2.22. The van der Waals surface area contributed by atoms with E-state index in [9.17, 15) is 0 Å². The van der Waals surface area contributed by atoms with Gasteiger partial charge < -0.3 is 5.32 Å². The van der Waals surface area contributed by atoms with Crippen LogP contribution in [0.25, 0.3) is 10.9 Å². The maximum absolute atomic E-state index is 5.74. The van der Waals surface area contributed by atoms with Crippen molar-refractivity contribution < 1.29 is 0 Å². The third kappa shape index (κ3) is 2.73. The van der Waals surface area contributed by atoms with E-state index in [1.807, 2.05) is 36.4 Å². The zero-order chi connectivity index (χ0) is 13.8. The quantitative estimate of drug-likeness (QED) is 0.731. The van der Waals surface area contributed by atoms with E-state index in [4.69, 9.17) is 11.6 Å². The molecule has 0 aliphatic heterocycles. The zero-order valence-corrected chi connectivity index (χ0v) is 11.6. The van der Waals surface area contributed by atoms with E-state index in [1.165, 1.54) is 5.56 Å². The molecule has 2 aromatic carbocycles. The molecule has 0 saturated heterocycles. The first kappa shape index (κ1) is 12.9. The normalized spacial score (nSPS) is 10.7. The molecule has 0 saturated carbocycles. The summed E-state index contributed by atoms with van der Waals surface area (Å²) in [4.78, 5) is 8.57. The molecule has 0 atom stereocenters. The van der Waals surface area contributed by atoms with Gasteiger partial charge in [-0.25, -0.2) is 9.97 Å². The summed E-state index contributed by atoms with van der Waals surface area (Å²) < 4.78 is 0. The molecule has 3 rings (SSSR count). The molecule has 0 bridgehead atoms. The number of nitrogens with zero attached hydrogens (tertiary/aromatic N) is 2. The monoisotopic (exact) mass is 283 g/mol. The first-order chi connectivity index (χ1) is 9.86. The predicted octanol–water partition coefficient (Wildman–Crippen LogP) is 4.15. The van der Waals surface area contributed by atoms with Crippen LogP contribution in [-0.2, 0) is 6.42 Å². The minimum absolute atomic E-state index is 0.642. The highest BCUT2D eigenvalue weighted by molar-refractivity contribution is 6.17. The van der Waals surface area contributed by atoms with E-state index in [-0.39, 0.29) is 0 Å². The van der Waals surface area contributed by atoms with Crippen LogP contribution in [0, 0.1) is 0 Å². The van der Waals surface area contributed by atoms with Crippen LogP contribution in [-0.4, -0.2) is 15.8 Å². The third-order valence-electron chi connectivity index (χ3n) is 3.14. The summed E-state index contributed by atoms with van der Waals surface area (Å²) in [6, 6.07) is 16.2. The number of hydrogen-bond donors (Lipinski definition) is 1. The first-order valence-electron chi connectivity index (χ1n) is 6.48. The van der Waals surface area contributed by atoms with Gasteiger partial charge in [-0.1, -0.05) is 24.3 Å². The van der Waals surface area contributed by atoms with Crippen molar-refractivity contribution in [2.24, 2.45) is 0 Å². The average molecular weight is 284 g/mol. The molecule has 0 spiro atoms. The number of halogens is 1. The molecular weight excluding hydrogens is 270 g/mol. The van der Waals surface area contributed by atoms with Crippen LogP contribution < -0.4 is 5.32 Å². The second-order valence-electron chi connectivity index (χ2n) is 4.50. The minimum atomic E-state index is 0.642. The first-order valence-corrected chi connectivity index (χ1v) is 7.02. The fourth-order valence-electron chi connectivity index (χ4n) is 2.10. The van der Waals surface area contributed by atoms with E-state index in [0.29, 0.717) is 5.88 Å². The molecule has 1 N–H and O–H groups in total. The van der Waals surface area contributed by atoms with E-state index in [0.717, 1.165) is 28.8 Å². The molecule has 0 unspecified atom stereocenters. The van der Waals surface area contributed by atoms with Crippen LogP contribution in [0.2, 0.25) is 0 Å². The van der Waals surface area contributed by atoms with Gasteiger partial charge in [-0.2, -0.15) is 0 Å². The van der Waals surface area contributed by atoms with Crippen molar-refractivity contribution in [2.45, 2.75) is 6.42 Å². The van der Waals surface area contributed by atoms with Gasteiger partial charge in [0.15, 0.2) is 0 Å². The summed E-state index contributed by atoms with van der Waals surface area (Å²) in [7, 11) is 0. The van der Waals surface area contributed by atoms with Crippen molar-refractivity contribution in [1.29, 1.82) is 0 Å². The van der Waals surface area contributed by atoms with E-state index >= 15 is 0 Å². The second kappa shape index (κ2) is 5.88. The Morgan fingerprint density at radius 3 is 2.55 bits per heavy atom. The molecule has 20 heavy (non-hydrogen) atoms. The van der Waals surface area contributed by atoms with Gasteiger partial charge in [0, 0.05) is 17.0 Å². The number of aryl methyl sites for hydroxylation is 1. The van der Waals surface area contributed by atoms with Crippen molar-refractivity contribution in [3.05, 3.63) is 60.4 Å². The highest BCUT2D eigenvalue weighted by Gasteiger charge is 2.03. The number of fused-ring (bicyclic) bond motifs is 1. The predicted molar refractivity (Wildman–Crippen MR) is 83.7 cm³/mol. The lowest BCUT2D eigenvalue weighted by atomic mass is 10.1. The van der Waals surface area contributed by atoms with E-state index in [1.54, 1.807) is 6.33 Å². The topological polar surface area (TPSA) is 37.8 Å². The lowest BCUT2D eigenvalue weighted by molar-refractivity contribution is 1.15. The Hall–Kier alpha value is -2.13. The Kier molecular flexibility index (Phi) is 3.79. The molecule has 3 nitrogen and oxygen atoms in total. The van der Waals surface area contributed by atoms with Gasteiger partial charge in [0.25, 0.3) is 0 Å². The van der Waals surface area contributed by atoms with Crippen molar-refractivity contribution in [2.75, 3.05) is 11.2 Å². The summed E-state index contributed by atoms with van der Waals surface area (Å²) in [5.74, 6) is 1.46. The van der Waals surface area contributed by atoms with Gasteiger partial charge in [0.2, 0.25) is 0 Å². The fourth-order valence-corrected chi connectivity index (χ4v) is 2.32. The number of alkyl halides is 1. The molecule has 4 heteroatoms. The van der Waals surface area contributed by atoms with Gasteiger partial charge in [-0.15, -0.1) is 11.6 Å². The fraction of sp³-hybridized carbons (Fsp3) is 0.125. The Morgan fingerprint density at radius 1 is 0.950 bits per heavy atom. The average Bonchev–Trinajstić information content (AvgIpc) is 2.50. The molecule has 0 radical (unpaired) electrons. The minimum Gasteiger partial charge on any atom is -0.340 e. The van der Waals surface area contributed by atoms with E-state index in [2.05, 4.69) is 27.4 Å². The van der Waals surface area contributed by atoms with Gasteiger partial charge in [-0.05, 0) is 36.2 Å². The molecule has 0 fully saturated rings. The van der Waals surface area contributed by atoms with Gasteiger partial charge in [-0.3, -0.25) is 0 Å². The number of aromatic nitrogens is 2. The zero-order valence-electron chi connectivity index (χ0n) is 10.9. The van der Waals surface area contributed by atoms with Gasteiger partial charge in [0.1, 0.15) is 12.1 Å². The van der Waals surface area contributed by atoms with Crippen LogP contribution >= 0.6 is 11.6 Å². The number of nitrogens with one attached hydrogen (secondary N) is 1. The molecule has 100 valence electrons. The molecule has 3 aromatic rings. The van der Waals surface area contributed by atoms with Crippen LogP contribution in [0.15, 0.2) is 54.9 Å². The third-order valence-corrected chi connectivity index (χ3v) is 3.33. The number of rotatable bonds is 4. The van der Waals surface area contributed by atoms with Crippen molar-refractivity contribution in [3.63, 3.8) is 0 Å². The Bertz CT molecular complexity index is 705. The summed E-state index contributed by atoms with van der Waals surface area (Å²) >= 11 is 5.74. The largest absolute Gasteiger partial charge is 0.340 e. The van der Waals surface area contributed by atoms with Crippen LogP contribution in [0.4, 0.5) is 11.5 Å². The smallest absolute Gasteiger partial charge is 0.141 e. The Balaban J connectivity index is 1.89. The Morgan fingerprint density at radius 2 is 1.75 bits per heavy atom. The SMILES string of the molecule is ClCCc1ccc(Nc2ncnc3ccccc23)cc1. The molecule has 0 aliphatic carbocycles. The molecule has 1 aromatic heterocycles. The van der Waals surface area contributed by atoms with Crippen molar-refractivity contribution in [3.8, 4) is 0 Å². The molecular formula is C16H14ClN3. The maximum Gasteiger partial charge on any atom is 0.141 e. The molecule has 1 heterocycles. The lowest BCUT2D eigenvalue weighted by Gasteiger charge is -2.08. The summed E-state index contributed by atoms with van der Waals surface area (Å²) in [6.45, 7) is 0. The number of anilines is 2. The van der Waals surface area contributed by atoms with E-state index < -0.39 is 0 Å². The van der Waals surface area contributed by atoms with Crippen LogP contribution in [0.1, 0.15) is 5.56 Å². The van der Waals surface area contributed by atoms with Gasteiger partial charge in [0.05, 0.1) is 5.52 Å². The standard InChI is InChI=1S/C16H14ClN3/c17-10-9-12-5-7-13(8-6-12)20-16-14-3-1-2-4-15(14)18-11-19-16/h1-8,11H,9-10H2,(H,18,19,20).